The van der Waals surface area contributed by atoms with E-state index in [0.29, 0.717) is 0 Å². The Morgan fingerprint density at radius 2 is 2.31 bits per heavy atom. The third-order valence-corrected chi connectivity index (χ3v) is 2.65. The van der Waals surface area contributed by atoms with Crippen LogP contribution in [0.5, 0.6) is 0 Å². The van der Waals surface area contributed by atoms with Gasteiger partial charge in [-0.3, -0.25) is 0 Å². The van der Waals surface area contributed by atoms with E-state index >= 15 is 0 Å². The lowest BCUT2D eigenvalue weighted by Crippen LogP contribution is -2.19. The van der Waals surface area contributed by atoms with Crippen LogP contribution in [-0.2, 0) is 7.05 Å². The molecule has 1 heterocycles. The van der Waals surface area contributed by atoms with Crippen molar-refractivity contribution in [3.63, 3.8) is 0 Å². The lowest BCUT2D eigenvalue weighted by molar-refractivity contribution is 0.0777. The lowest BCUT2D eigenvalue weighted by Gasteiger charge is -2.15. The van der Waals surface area contributed by atoms with Gasteiger partial charge in [-0.2, -0.15) is 0 Å². The molecule has 0 atom stereocenters. The average molecular weight is 201 g/mol. The second-order valence-electron chi connectivity index (χ2n) is 3.64. The SMILES string of the molecule is Cn1cnnc1SCCC(C)(C)O. The summed E-state index contributed by atoms with van der Waals surface area (Å²) in [4.78, 5) is 0. The van der Waals surface area contributed by atoms with Crippen LogP contribution in [0.4, 0.5) is 0 Å². The molecule has 0 aliphatic rings. The average Bonchev–Trinajstić information content (AvgIpc) is 2.34. The number of hydrogen-bond donors (Lipinski definition) is 1. The highest BCUT2D eigenvalue weighted by Gasteiger charge is 2.12. The van der Waals surface area contributed by atoms with E-state index in [4.69, 9.17) is 0 Å². The Hall–Kier alpha value is -0.550. The van der Waals surface area contributed by atoms with Crippen LogP contribution in [0.3, 0.4) is 0 Å². The molecular formula is C8H15N3OS. The lowest BCUT2D eigenvalue weighted by atomic mass is 10.1. The molecule has 0 amide bonds. The minimum absolute atomic E-state index is 0.592. The Morgan fingerprint density at radius 1 is 1.62 bits per heavy atom. The maximum Gasteiger partial charge on any atom is 0.190 e. The van der Waals surface area contributed by atoms with Gasteiger partial charge in [-0.15, -0.1) is 10.2 Å². The highest BCUT2D eigenvalue weighted by molar-refractivity contribution is 7.99. The van der Waals surface area contributed by atoms with Gasteiger partial charge in [-0.1, -0.05) is 11.8 Å². The van der Waals surface area contributed by atoms with E-state index in [1.807, 2.05) is 25.5 Å². The fourth-order valence-corrected chi connectivity index (χ4v) is 1.94. The number of aliphatic hydroxyl groups is 1. The van der Waals surface area contributed by atoms with Crippen molar-refractivity contribution in [2.75, 3.05) is 5.75 Å². The highest BCUT2D eigenvalue weighted by Crippen LogP contribution is 2.18. The first-order valence-electron chi connectivity index (χ1n) is 4.18. The molecule has 0 radical (unpaired) electrons. The molecule has 1 rings (SSSR count). The third-order valence-electron chi connectivity index (χ3n) is 1.61. The van der Waals surface area contributed by atoms with E-state index in [-0.39, 0.29) is 0 Å². The fraction of sp³-hybridized carbons (Fsp3) is 0.750. The minimum Gasteiger partial charge on any atom is -0.390 e. The Bertz CT molecular complexity index is 267. The van der Waals surface area contributed by atoms with Gasteiger partial charge in [0, 0.05) is 12.8 Å². The van der Waals surface area contributed by atoms with Gasteiger partial charge in [-0.05, 0) is 20.3 Å². The summed E-state index contributed by atoms with van der Waals surface area (Å²) < 4.78 is 1.87. The van der Waals surface area contributed by atoms with Gasteiger partial charge in [0.1, 0.15) is 6.33 Å². The van der Waals surface area contributed by atoms with Gasteiger partial charge in [0.2, 0.25) is 0 Å². The summed E-state index contributed by atoms with van der Waals surface area (Å²) in [5.74, 6) is 0.857. The molecule has 13 heavy (non-hydrogen) atoms. The number of aromatic nitrogens is 3. The van der Waals surface area contributed by atoms with Gasteiger partial charge in [0.05, 0.1) is 5.60 Å². The van der Waals surface area contributed by atoms with Crippen LogP contribution in [0.1, 0.15) is 20.3 Å². The summed E-state index contributed by atoms with van der Waals surface area (Å²) in [5.41, 5.74) is -0.592. The summed E-state index contributed by atoms with van der Waals surface area (Å²) in [6.07, 6.45) is 2.43. The van der Waals surface area contributed by atoms with Crippen LogP contribution in [0, 0.1) is 0 Å². The first kappa shape index (κ1) is 10.5. The smallest absolute Gasteiger partial charge is 0.190 e. The predicted octanol–water partition coefficient (Wildman–Crippen LogP) is 1.07. The first-order valence-corrected chi connectivity index (χ1v) is 5.17. The van der Waals surface area contributed by atoms with Crippen LogP contribution in [0.25, 0.3) is 0 Å². The van der Waals surface area contributed by atoms with Crippen LogP contribution >= 0.6 is 11.8 Å². The third kappa shape index (κ3) is 3.78. The predicted molar refractivity (Wildman–Crippen MR) is 52.6 cm³/mol. The van der Waals surface area contributed by atoms with Crippen molar-refractivity contribution in [2.45, 2.75) is 31.0 Å². The number of aryl methyl sites for hydroxylation is 1. The summed E-state index contributed by atoms with van der Waals surface area (Å²) in [5, 5.41) is 18.0. The van der Waals surface area contributed by atoms with Crippen molar-refractivity contribution in [1.82, 2.24) is 14.8 Å². The largest absolute Gasteiger partial charge is 0.390 e. The summed E-state index contributed by atoms with van der Waals surface area (Å²) in [6, 6.07) is 0. The quantitative estimate of drug-likeness (QED) is 0.740. The van der Waals surface area contributed by atoms with Crippen LogP contribution in [0.15, 0.2) is 11.5 Å². The maximum absolute atomic E-state index is 9.46. The summed E-state index contributed by atoms with van der Waals surface area (Å²) in [6.45, 7) is 3.62. The molecule has 0 saturated heterocycles. The van der Waals surface area contributed by atoms with E-state index in [0.717, 1.165) is 17.3 Å². The van der Waals surface area contributed by atoms with Crippen molar-refractivity contribution in [3.8, 4) is 0 Å². The van der Waals surface area contributed by atoms with Crippen molar-refractivity contribution < 1.29 is 5.11 Å². The molecule has 0 unspecified atom stereocenters. The number of hydrogen-bond acceptors (Lipinski definition) is 4. The normalized spacial score (nSPS) is 12.0. The Labute approximate surface area is 82.4 Å². The van der Waals surface area contributed by atoms with Gasteiger partial charge in [-0.25, -0.2) is 0 Å². The molecule has 74 valence electrons. The number of thioether (sulfide) groups is 1. The van der Waals surface area contributed by atoms with Crippen molar-refractivity contribution >= 4 is 11.8 Å². The molecule has 0 aliphatic carbocycles. The fourth-order valence-electron chi connectivity index (χ4n) is 0.795. The minimum atomic E-state index is -0.592. The molecule has 5 heteroatoms. The van der Waals surface area contributed by atoms with Crippen molar-refractivity contribution in [3.05, 3.63) is 6.33 Å². The molecule has 0 spiro atoms. The van der Waals surface area contributed by atoms with Gasteiger partial charge in [0.15, 0.2) is 5.16 Å². The molecule has 1 aromatic heterocycles. The Balaban J connectivity index is 2.32. The molecule has 0 saturated carbocycles. The number of nitrogens with zero attached hydrogens (tertiary/aromatic N) is 3. The highest BCUT2D eigenvalue weighted by atomic mass is 32.2. The van der Waals surface area contributed by atoms with E-state index in [1.54, 1.807) is 18.1 Å². The second-order valence-corrected chi connectivity index (χ2v) is 4.70. The van der Waals surface area contributed by atoms with Gasteiger partial charge >= 0.3 is 0 Å². The van der Waals surface area contributed by atoms with E-state index in [2.05, 4.69) is 10.2 Å². The zero-order valence-electron chi connectivity index (χ0n) is 8.19. The second kappa shape index (κ2) is 4.11. The Kier molecular flexibility index (Phi) is 3.33. The molecule has 1 N–H and O–H groups in total. The zero-order valence-corrected chi connectivity index (χ0v) is 9.01. The molecule has 0 aromatic carbocycles. The zero-order chi connectivity index (χ0) is 9.90. The molecule has 0 fully saturated rings. The van der Waals surface area contributed by atoms with Crippen molar-refractivity contribution in [2.24, 2.45) is 7.05 Å². The monoisotopic (exact) mass is 201 g/mol. The summed E-state index contributed by atoms with van der Waals surface area (Å²) in [7, 11) is 1.91. The van der Waals surface area contributed by atoms with E-state index < -0.39 is 5.60 Å². The van der Waals surface area contributed by atoms with Crippen molar-refractivity contribution in [1.29, 1.82) is 0 Å². The topological polar surface area (TPSA) is 50.9 Å². The first-order chi connectivity index (χ1) is 5.99. The molecule has 0 aliphatic heterocycles. The summed E-state index contributed by atoms with van der Waals surface area (Å²) >= 11 is 1.61. The van der Waals surface area contributed by atoms with Gasteiger partial charge < -0.3 is 9.67 Å². The molecule has 0 bridgehead atoms. The number of rotatable bonds is 4. The molecular weight excluding hydrogens is 186 g/mol. The maximum atomic E-state index is 9.46. The standard InChI is InChI=1S/C8H15N3OS/c1-8(2,12)4-5-13-7-10-9-6-11(7)3/h6,12H,4-5H2,1-3H3. The van der Waals surface area contributed by atoms with E-state index in [9.17, 15) is 5.11 Å². The Morgan fingerprint density at radius 3 is 2.77 bits per heavy atom. The van der Waals surface area contributed by atoms with Crippen LogP contribution < -0.4 is 0 Å². The van der Waals surface area contributed by atoms with Crippen LogP contribution in [0.2, 0.25) is 0 Å². The molecule has 1 aromatic rings. The van der Waals surface area contributed by atoms with E-state index in [1.165, 1.54) is 0 Å². The molecule has 4 nitrogen and oxygen atoms in total. The van der Waals surface area contributed by atoms with Crippen LogP contribution in [-0.4, -0.2) is 31.2 Å². The van der Waals surface area contributed by atoms with Gasteiger partial charge in [0.25, 0.3) is 0 Å².